The molecule has 96 valence electrons. The largest absolute Gasteiger partial charge is 0.472 e. The van der Waals surface area contributed by atoms with E-state index in [-0.39, 0.29) is 6.04 Å². The van der Waals surface area contributed by atoms with Crippen molar-refractivity contribution in [3.05, 3.63) is 54.0 Å². The molecule has 18 heavy (non-hydrogen) atoms. The Morgan fingerprint density at radius 1 is 1.11 bits per heavy atom. The topological polar surface area (TPSA) is 28.4 Å². The van der Waals surface area contributed by atoms with Gasteiger partial charge in [-0.1, -0.05) is 19.1 Å². The molecule has 1 heterocycles. The summed E-state index contributed by atoms with van der Waals surface area (Å²) in [7, 11) is 4.10. The van der Waals surface area contributed by atoms with Crippen LogP contribution in [0.2, 0.25) is 0 Å². The normalized spacial score (nSPS) is 12.4. The molecule has 0 fully saturated rings. The molecule has 0 aliphatic rings. The summed E-state index contributed by atoms with van der Waals surface area (Å²) in [5.41, 5.74) is 3.62. The van der Waals surface area contributed by atoms with Crippen molar-refractivity contribution < 1.29 is 4.42 Å². The van der Waals surface area contributed by atoms with Gasteiger partial charge in [0.25, 0.3) is 0 Å². The molecular weight excluding hydrogens is 224 g/mol. The fourth-order valence-corrected chi connectivity index (χ4v) is 2.04. The van der Waals surface area contributed by atoms with E-state index in [1.807, 2.05) is 20.2 Å². The minimum atomic E-state index is 0.199. The highest BCUT2D eigenvalue weighted by atomic mass is 16.3. The van der Waals surface area contributed by atoms with Crippen molar-refractivity contribution in [1.29, 1.82) is 0 Å². The van der Waals surface area contributed by atoms with Crippen LogP contribution >= 0.6 is 0 Å². The van der Waals surface area contributed by atoms with Gasteiger partial charge >= 0.3 is 0 Å². The Kier molecular flexibility index (Phi) is 4.05. The van der Waals surface area contributed by atoms with Gasteiger partial charge in [-0.25, -0.2) is 0 Å². The fourth-order valence-electron chi connectivity index (χ4n) is 2.04. The molecule has 0 radical (unpaired) electrons. The van der Waals surface area contributed by atoms with Crippen LogP contribution in [0.1, 0.15) is 24.1 Å². The third-order valence-electron chi connectivity index (χ3n) is 3.03. The van der Waals surface area contributed by atoms with Gasteiger partial charge in [0.2, 0.25) is 0 Å². The summed E-state index contributed by atoms with van der Waals surface area (Å²) in [5, 5.41) is 3.48. The zero-order chi connectivity index (χ0) is 13.0. The van der Waals surface area contributed by atoms with Crippen LogP contribution in [0.4, 0.5) is 5.69 Å². The van der Waals surface area contributed by atoms with E-state index >= 15 is 0 Å². The van der Waals surface area contributed by atoms with E-state index in [1.54, 1.807) is 12.5 Å². The van der Waals surface area contributed by atoms with Crippen LogP contribution in [0, 0.1) is 0 Å². The van der Waals surface area contributed by atoms with Crippen molar-refractivity contribution in [3.63, 3.8) is 0 Å². The molecule has 3 nitrogen and oxygen atoms in total. The van der Waals surface area contributed by atoms with E-state index in [4.69, 9.17) is 4.42 Å². The van der Waals surface area contributed by atoms with Crippen LogP contribution in [-0.2, 0) is 0 Å². The third kappa shape index (κ3) is 2.74. The van der Waals surface area contributed by atoms with E-state index in [9.17, 15) is 0 Å². The molecule has 2 rings (SSSR count). The maximum absolute atomic E-state index is 5.18. The third-order valence-corrected chi connectivity index (χ3v) is 3.03. The molecule has 3 heteroatoms. The van der Waals surface area contributed by atoms with Crippen molar-refractivity contribution >= 4 is 5.69 Å². The van der Waals surface area contributed by atoms with Crippen LogP contribution < -0.4 is 10.2 Å². The number of furan rings is 1. The van der Waals surface area contributed by atoms with Gasteiger partial charge < -0.3 is 14.6 Å². The molecule has 1 atom stereocenters. The van der Waals surface area contributed by atoms with Crippen LogP contribution in [0.3, 0.4) is 0 Å². The average molecular weight is 244 g/mol. The molecule has 0 saturated carbocycles. The maximum Gasteiger partial charge on any atom is 0.0953 e. The Morgan fingerprint density at radius 3 is 2.33 bits per heavy atom. The number of rotatable bonds is 5. The van der Waals surface area contributed by atoms with Gasteiger partial charge in [0.15, 0.2) is 0 Å². The summed E-state index contributed by atoms with van der Waals surface area (Å²) in [4.78, 5) is 2.10. The predicted octanol–water partition coefficient (Wildman–Crippen LogP) is 3.04. The number of hydrogen-bond donors (Lipinski definition) is 1. The average Bonchev–Trinajstić information content (AvgIpc) is 2.90. The van der Waals surface area contributed by atoms with Crippen LogP contribution in [0.15, 0.2) is 47.3 Å². The zero-order valence-corrected chi connectivity index (χ0v) is 11.2. The maximum atomic E-state index is 5.18. The lowest BCUT2D eigenvalue weighted by atomic mass is 10.0. The van der Waals surface area contributed by atoms with Crippen molar-refractivity contribution in [2.24, 2.45) is 0 Å². The molecule has 0 spiro atoms. The quantitative estimate of drug-likeness (QED) is 0.876. The SMILES string of the molecule is CCNC(c1ccc(N(C)C)cc1)c1ccoc1. The second-order valence-electron chi connectivity index (χ2n) is 4.53. The second-order valence-corrected chi connectivity index (χ2v) is 4.53. The minimum Gasteiger partial charge on any atom is -0.472 e. The van der Waals surface area contributed by atoms with E-state index in [1.165, 1.54) is 11.3 Å². The molecule has 1 aromatic carbocycles. The van der Waals surface area contributed by atoms with Gasteiger partial charge in [0.1, 0.15) is 0 Å². The van der Waals surface area contributed by atoms with Crippen LogP contribution in [0.25, 0.3) is 0 Å². The smallest absolute Gasteiger partial charge is 0.0953 e. The second kappa shape index (κ2) is 5.74. The number of hydrogen-bond acceptors (Lipinski definition) is 3. The molecule has 1 aromatic heterocycles. The van der Waals surface area contributed by atoms with Gasteiger partial charge in [-0.15, -0.1) is 0 Å². The highest BCUT2D eigenvalue weighted by Gasteiger charge is 2.13. The molecule has 0 amide bonds. The van der Waals surface area contributed by atoms with E-state index < -0.39 is 0 Å². The first-order valence-corrected chi connectivity index (χ1v) is 6.25. The Morgan fingerprint density at radius 2 is 1.83 bits per heavy atom. The number of benzene rings is 1. The molecule has 0 saturated heterocycles. The summed E-state index contributed by atoms with van der Waals surface area (Å²) in [5.74, 6) is 0. The lowest BCUT2D eigenvalue weighted by molar-refractivity contribution is 0.553. The van der Waals surface area contributed by atoms with E-state index in [2.05, 4.69) is 41.4 Å². The number of anilines is 1. The molecule has 0 aliphatic carbocycles. The highest BCUT2D eigenvalue weighted by molar-refractivity contribution is 5.47. The monoisotopic (exact) mass is 244 g/mol. The Labute approximate surface area is 108 Å². The lowest BCUT2D eigenvalue weighted by Gasteiger charge is -2.18. The molecule has 1 unspecified atom stereocenters. The summed E-state index contributed by atoms with van der Waals surface area (Å²) < 4.78 is 5.18. The van der Waals surface area contributed by atoms with Gasteiger partial charge in [-0.2, -0.15) is 0 Å². The lowest BCUT2D eigenvalue weighted by Crippen LogP contribution is -2.21. The highest BCUT2D eigenvalue weighted by Crippen LogP contribution is 2.24. The summed E-state index contributed by atoms with van der Waals surface area (Å²) >= 11 is 0. The Hall–Kier alpha value is -1.74. The standard InChI is InChI=1S/C15H20N2O/c1-4-16-15(13-9-10-18-11-13)12-5-7-14(8-6-12)17(2)3/h5-11,15-16H,4H2,1-3H3. The first kappa shape index (κ1) is 12.7. The molecule has 1 N–H and O–H groups in total. The first-order chi connectivity index (χ1) is 8.72. The first-order valence-electron chi connectivity index (χ1n) is 6.25. The Bertz CT molecular complexity index is 460. The van der Waals surface area contributed by atoms with Crippen LogP contribution in [0.5, 0.6) is 0 Å². The molecule has 0 bridgehead atoms. The number of nitrogens with one attached hydrogen (secondary N) is 1. The minimum absolute atomic E-state index is 0.199. The van der Waals surface area contributed by atoms with Gasteiger partial charge in [-0.05, 0) is 30.3 Å². The van der Waals surface area contributed by atoms with E-state index in [0.717, 1.165) is 12.1 Å². The molecular formula is C15H20N2O. The summed E-state index contributed by atoms with van der Waals surface area (Å²) in [6.07, 6.45) is 3.51. The van der Waals surface area contributed by atoms with Gasteiger partial charge in [-0.3, -0.25) is 0 Å². The van der Waals surface area contributed by atoms with Crippen molar-refractivity contribution in [3.8, 4) is 0 Å². The molecule has 0 aliphatic heterocycles. The van der Waals surface area contributed by atoms with Gasteiger partial charge in [0, 0.05) is 25.3 Å². The fraction of sp³-hybridized carbons (Fsp3) is 0.333. The van der Waals surface area contributed by atoms with Crippen molar-refractivity contribution in [1.82, 2.24) is 5.32 Å². The predicted molar refractivity (Wildman–Crippen MR) is 75.0 cm³/mol. The molecule has 2 aromatic rings. The number of nitrogens with zero attached hydrogens (tertiary/aromatic N) is 1. The van der Waals surface area contributed by atoms with Crippen molar-refractivity contribution in [2.45, 2.75) is 13.0 Å². The van der Waals surface area contributed by atoms with Crippen LogP contribution in [-0.4, -0.2) is 20.6 Å². The Balaban J connectivity index is 2.26. The summed E-state index contributed by atoms with van der Waals surface area (Å²) in [6.45, 7) is 3.03. The zero-order valence-electron chi connectivity index (χ0n) is 11.2. The van der Waals surface area contributed by atoms with Gasteiger partial charge in [0.05, 0.1) is 18.6 Å². The van der Waals surface area contributed by atoms with Crippen molar-refractivity contribution in [2.75, 3.05) is 25.5 Å². The van der Waals surface area contributed by atoms with E-state index in [0.29, 0.717) is 0 Å². The summed E-state index contributed by atoms with van der Waals surface area (Å²) in [6, 6.07) is 10.8.